The second kappa shape index (κ2) is 6.39. The molecule has 6 nitrogen and oxygen atoms in total. The first-order valence-electron chi connectivity index (χ1n) is 6.92. The lowest BCUT2D eigenvalue weighted by Crippen LogP contribution is -2.43. The maximum Gasteiger partial charge on any atom is 0.252 e. The molecule has 3 N–H and O–H groups in total. The van der Waals surface area contributed by atoms with Gasteiger partial charge in [-0.05, 0) is 37.5 Å². The zero-order valence-corrected chi connectivity index (χ0v) is 12.0. The lowest BCUT2D eigenvalue weighted by atomic mass is 10.1. The molecular formula is C15H19N3O3. The van der Waals surface area contributed by atoms with Gasteiger partial charge in [0.05, 0.1) is 12.6 Å². The number of nitrogens with two attached hydrogens (primary N) is 1. The molecule has 1 aromatic carbocycles. The Morgan fingerprint density at radius 3 is 2.95 bits per heavy atom. The molecule has 0 unspecified atom stereocenters. The highest BCUT2D eigenvalue weighted by molar-refractivity contribution is 5.98. The second-order valence-electron chi connectivity index (χ2n) is 5.14. The van der Waals surface area contributed by atoms with Crippen molar-refractivity contribution in [1.29, 1.82) is 0 Å². The molecule has 0 spiro atoms. The minimum atomic E-state index is -0.358. The Morgan fingerprint density at radius 2 is 2.24 bits per heavy atom. The molecular weight excluding hydrogens is 270 g/mol. The topological polar surface area (TPSA) is 92.5 Å². The maximum atomic E-state index is 12.1. The van der Waals surface area contributed by atoms with Crippen molar-refractivity contribution in [3.8, 4) is 0 Å². The summed E-state index contributed by atoms with van der Waals surface area (Å²) in [5.41, 5.74) is 7.44. The van der Waals surface area contributed by atoms with Crippen molar-refractivity contribution in [3.63, 3.8) is 0 Å². The van der Waals surface area contributed by atoms with E-state index in [-0.39, 0.29) is 24.4 Å². The Hall–Kier alpha value is -2.37. The molecule has 21 heavy (non-hydrogen) atoms. The summed E-state index contributed by atoms with van der Waals surface area (Å²) in [6, 6.07) is 4.72. The Morgan fingerprint density at radius 1 is 1.48 bits per heavy atom. The predicted molar refractivity (Wildman–Crippen MR) is 78.7 cm³/mol. The molecule has 1 heterocycles. The zero-order valence-electron chi connectivity index (χ0n) is 12.0. The summed E-state index contributed by atoms with van der Waals surface area (Å²) in [7, 11) is 0. The molecule has 1 atom stereocenters. The molecule has 1 saturated heterocycles. The summed E-state index contributed by atoms with van der Waals surface area (Å²) in [5.74, 6) is -0.575. The van der Waals surface area contributed by atoms with Crippen molar-refractivity contribution in [2.45, 2.75) is 25.8 Å². The van der Waals surface area contributed by atoms with Crippen LogP contribution in [0.15, 0.2) is 18.2 Å². The number of nitrogens with zero attached hydrogens (tertiary/aromatic N) is 1. The lowest BCUT2D eigenvalue weighted by Gasteiger charge is -2.20. The molecule has 0 saturated carbocycles. The van der Waals surface area contributed by atoms with Gasteiger partial charge >= 0.3 is 0 Å². The van der Waals surface area contributed by atoms with Gasteiger partial charge in [-0.3, -0.25) is 9.59 Å². The minimum absolute atomic E-state index is 0.114. The first-order chi connectivity index (χ1) is 10.0. The Labute approximate surface area is 123 Å². The van der Waals surface area contributed by atoms with Gasteiger partial charge in [-0.25, -0.2) is 0 Å². The van der Waals surface area contributed by atoms with Crippen molar-refractivity contribution in [3.05, 3.63) is 29.3 Å². The molecule has 2 rings (SSSR count). The normalized spacial score (nSPS) is 17.6. The number of aldehydes is 1. The standard InChI is InChI=1S/C15H19N3O3/c1-10-12(5-2-6-13(10)16)15(21)17-8-14(20)18-7-3-4-11(18)9-19/h2,5-6,9,11H,3-4,7-8,16H2,1H3,(H,17,21)/t11-/m0/s1. The molecule has 112 valence electrons. The van der Waals surface area contributed by atoms with Crippen LogP contribution in [0, 0.1) is 6.92 Å². The van der Waals surface area contributed by atoms with Crippen LogP contribution >= 0.6 is 0 Å². The number of carbonyl (C=O) groups is 3. The van der Waals surface area contributed by atoms with Gasteiger partial charge in [-0.2, -0.15) is 0 Å². The molecule has 2 amide bonds. The zero-order chi connectivity index (χ0) is 15.4. The van der Waals surface area contributed by atoms with Crippen LogP contribution in [0.5, 0.6) is 0 Å². The van der Waals surface area contributed by atoms with E-state index >= 15 is 0 Å². The van der Waals surface area contributed by atoms with Crippen molar-refractivity contribution in [2.75, 3.05) is 18.8 Å². The van der Waals surface area contributed by atoms with Gasteiger partial charge in [0, 0.05) is 17.8 Å². The van der Waals surface area contributed by atoms with Gasteiger partial charge < -0.3 is 20.7 Å². The highest BCUT2D eigenvalue weighted by Crippen LogP contribution is 2.16. The number of hydrogen-bond donors (Lipinski definition) is 2. The number of hydrogen-bond acceptors (Lipinski definition) is 4. The molecule has 1 aliphatic rings. The fraction of sp³-hybridized carbons (Fsp3) is 0.400. The Kier molecular flexibility index (Phi) is 4.57. The molecule has 6 heteroatoms. The molecule has 0 aromatic heterocycles. The third-order valence-electron chi connectivity index (χ3n) is 3.80. The van der Waals surface area contributed by atoms with Crippen molar-refractivity contribution in [2.24, 2.45) is 0 Å². The van der Waals surface area contributed by atoms with Gasteiger partial charge in [0.15, 0.2) is 0 Å². The van der Waals surface area contributed by atoms with Gasteiger partial charge in [-0.1, -0.05) is 6.07 Å². The van der Waals surface area contributed by atoms with Gasteiger partial charge in [0.25, 0.3) is 5.91 Å². The summed E-state index contributed by atoms with van der Waals surface area (Å²) < 4.78 is 0. The second-order valence-corrected chi connectivity index (χ2v) is 5.14. The van der Waals surface area contributed by atoms with E-state index in [1.165, 1.54) is 4.90 Å². The van der Waals surface area contributed by atoms with E-state index in [1.807, 2.05) is 0 Å². The van der Waals surface area contributed by atoms with Crippen LogP contribution in [0.25, 0.3) is 0 Å². The van der Waals surface area contributed by atoms with E-state index < -0.39 is 0 Å². The highest BCUT2D eigenvalue weighted by atomic mass is 16.2. The van der Waals surface area contributed by atoms with Crippen molar-refractivity contribution >= 4 is 23.8 Å². The number of anilines is 1. The Balaban J connectivity index is 1.96. The van der Waals surface area contributed by atoms with Gasteiger partial charge in [-0.15, -0.1) is 0 Å². The van der Waals surface area contributed by atoms with Gasteiger partial charge in [0.1, 0.15) is 6.29 Å². The fourth-order valence-electron chi connectivity index (χ4n) is 2.50. The van der Waals surface area contributed by atoms with E-state index in [4.69, 9.17) is 5.73 Å². The first kappa shape index (κ1) is 15.0. The monoisotopic (exact) mass is 289 g/mol. The van der Waals surface area contributed by atoms with Crippen LogP contribution in [0.3, 0.4) is 0 Å². The number of carbonyl (C=O) groups excluding carboxylic acids is 3. The number of benzene rings is 1. The third-order valence-corrected chi connectivity index (χ3v) is 3.80. The summed E-state index contributed by atoms with van der Waals surface area (Å²) in [6.07, 6.45) is 2.30. The summed E-state index contributed by atoms with van der Waals surface area (Å²) >= 11 is 0. The average Bonchev–Trinajstić information content (AvgIpc) is 2.95. The molecule has 0 bridgehead atoms. The summed E-state index contributed by atoms with van der Waals surface area (Å²) in [5, 5.41) is 2.59. The van der Waals surface area contributed by atoms with Crippen LogP contribution in [-0.2, 0) is 9.59 Å². The maximum absolute atomic E-state index is 12.1. The van der Waals surface area contributed by atoms with Gasteiger partial charge in [0.2, 0.25) is 5.91 Å². The number of amides is 2. The smallest absolute Gasteiger partial charge is 0.252 e. The van der Waals surface area contributed by atoms with E-state index in [1.54, 1.807) is 25.1 Å². The van der Waals surface area contributed by atoms with Crippen molar-refractivity contribution < 1.29 is 14.4 Å². The van der Waals surface area contributed by atoms with Crippen LogP contribution in [-0.4, -0.2) is 42.1 Å². The molecule has 0 aliphatic carbocycles. The number of likely N-dealkylation sites (tertiary alicyclic amines) is 1. The quantitative estimate of drug-likeness (QED) is 0.623. The van der Waals surface area contributed by atoms with E-state index in [9.17, 15) is 14.4 Å². The van der Waals surface area contributed by atoms with E-state index in [0.29, 0.717) is 29.8 Å². The van der Waals surface area contributed by atoms with Crippen LogP contribution in [0.1, 0.15) is 28.8 Å². The average molecular weight is 289 g/mol. The summed E-state index contributed by atoms with van der Waals surface area (Å²) in [6.45, 7) is 2.21. The molecule has 0 radical (unpaired) electrons. The minimum Gasteiger partial charge on any atom is -0.398 e. The lowest BCUT2D eigenvalue weighted by molar-refractivity contribution is -0.133. The van der Waals surface area contributed by atoms with Crippen LogP contribution in [0.2, 0.25) is 0 Å². The van der Waals surface area contributed by atoms with E-state index in [0.717, 1.165) is 12.7 Å². The van der Waals surface area contributed by atoms with Crippen LogP contribution in [0.4, 0.5) is 5.69 Å². The number of rotatable bonds is 4. The third kappa shape index (κ3) is 3.21. The summed E-state index contributed by atoms with van der Waals surface area (Å²) in [4.78, 5) is 36.5. The van der Waals surface area contributed by atoms with Crippen molar-refractivity contribution in [1.82, 2.24) is 10.2 Å². The fourth-order valence-corrected chi connectivity index (χ4v) is 2.50. The predicted octanol–water partition coefficient (Wildman–Crippen LogP) is 0.497. The first-order valence-corrected chi connectivity index (χ1v) is 6.92. The number of nitrogen functional groups attached to an aromatic ring is 1. The molecule has 1 fully saturated rings. The largest absolute Gasteiger partial charge is 0.398 e. The number of nitrogens with one attached hydrogen (secondary N) is 1. The van der Waals surface area contributed by atoms with Crippen LogP contribution < -0.4 is 11.1 Å². The highest BCUT2D eigenvalue weighted by Gasteiger charge is 2.28. The molecule has 1 aliphatic heterocycles. The Bertz CT molecular complexity index is 571. The SMILES string of the molecule is Cc1c(N)cccc1C(=O)NCC(=O)N1CCC[C@H]1C=O. The molecule has 1 aromatic rings. The van der Waals surface area contributed by atoms with E-state index in [2.05, 4.69) is 5.32 Å².